The first-order valence-corrected chi connectivity index (χ1v) is 12.6. The molecule has 0 aliphatic carbocycles. The summed E-state index contributed by atoms with van der Waals surface area (Å²) in [6, 6.07) is 7.74. The lowest BCUT2D eigenvalue weighted by molar-refractivity contribution is -0.143. The average Bonchev–Trinajstić information content (AvgIpc) is 3.24. The topological polar surface area (TPSA) is 49.9 Å². The van der Waals surface area contributed by atoms with Crippen molar-refractivity contribution in [2.75, 3.05) is 26.2 Å². The van der Waals surface area contributed by atoms with Gasteiger partial charge in [-0.2, -0.15) is 0 Å². The van der Waals surface area contributed by atoms with E-state index in [2.05, 4.69) is 19.9 Å². The van der Waals surface area contributed by atoms with E-state index in [1.54, 1.807) is 28.4 Å². The SMILES string of the molecule is CC(C)CCN(CC(=O)N1CCc2sccc2C1COc1ccc(F)cc1)C(=O)CC(C)C. The first-order chi connectivity index (χ1) is 15.7. The summed E-state index contributed by atoms with van der Waals surface area (Å²) >= 11 is 1.70. The van der Waals surface area contributed by atoms with Crippen molar-refractivity contribution in [3.05, 3.63) is 52.0 Å². The number of hydrogen-bond donors (Lipinski definition) is 0. The molecule has 7 heteroatoms. The maximum atomic E-state index is 13.5. The zero-order chi connectivity index (χ0) is 24.0. The number of carbonyl (C=O) groups excluding carboxylic acids is 2. The molecule has 1 unspecified atom stereocenters. The number of hydrogen-bond acceptors (Lipinski definition) is 4. The van der Waals surface area contributed by atoms with Crippen molar-refractivity contribution in [1.82, 2.24) is 9.80 Å². The fourth-order valence-electron chi connectivity index (χ4n) is 4.02. The van der Waals surface area contributed by atoms with E-state index in [1.165, 1.54) is 17.0 Å². The van der Waals surface area contributed by atoms with Crippen LogP contribution in [0.3, 0.4) is 0 Å². The van der Waals surface area contributed by atoms with E-state index in [0.29, 0.717) is 31.2 Å². The zero-order valence-corrected chi connectivity index (χ0v) is 20.9. The molecule has 0 bridgehead atoms. The van der Waals surface area contributed by atoms with Crippen LogP contribution in [0.15, 0.2) is 35.7 Å². The van der Waals surface area contributed by atoms with Gasteiger partial charge in [-0.15, -0.1) is 11.3 Å². The molecule has 2 aromatic rings. The Bertz CT molecular complexity index is 926. The molecular formula is C26H35FN2O3S. The third kappa shape index (κ3) is 7.03. The molecule has 5 nitrogen and oxygen atoms in total. The molecular weight excluding hydrogens is 439 g/mol. The number of fused-ring (bicyclic) bond motifs is 1. The lowest BCUT2D eigenvalue weighted by atomic mass is 10.00. The highest BCUT2D eigenvalue weighted by Crippen LogP contribution is 2.34. The predicted octanol–water partition coefficient (Wildman–Crippen LogP) is 5.31. The minimum absolute atomic E-state index is 0.0337. The van der Waals surface area contributed by atoms with Crippen LogP contribution in [0.4, 0.5) is 4.39 Å². The largest absolute Gasteiger partial charge is 0.491 e. The standard InChI is InChI=1S/C26H35FN2O3S/c1-18(2)9-12-28(25(30)15-19(3)4)16-26(31)29-13-10-24-22(11-14-33-24)23(29)17-32-21-7-5-20(27)6-8-21/h5-8,11,14,18-19,23H,9-10,12-13,15-17H2,1-4H3. The molecule has 0 radical (unpaired) electrons. The van der Waals surface area contributed by atoms with Gasteiger partial charge in [0.15, 0.2) is 0 Å². The molecule has 0 saturated carbocycles. The van der Waals surface area contributed by atoms with E-state index in [0.717, 1.165) is 18.4 Å². The fraction of sp³-hybridized carbons (Fsp3) is 0.538. The van der Waals surface area contributed by atoms with Gasteiger partial charge in [0.2, 0.25) is 11.8 Å². The van der Waals surface area contributed by atoms with Gasteiger partial charge in [0.25, 0.3) is 0 Å². The summed E-state index contributed by atoms with van der Waals surface area (Å²) in [5.41, 5.74) is 1.10. The summed E-state index contributed by atoms with van der Waals surface area (Å²) in [4.78, 5) is 31.2. The van der Waals surface area contributed by atoms with Crippen LogP contribution < -0.4 is 4.74 Å². The van der Waals surface area contributed by atoms with Gasteiger partial charge >= 0.3 is 0 Å². The second kappa shape index (κ2) is 11.6. The van der Waals surface area contributed by atoms with Crippen LogP contribution in [0.25, 0.3) is 0 Å². The molecule has 1 aromatic heterocycles. The lowest BCUT2D eigenvalue weighted by Gasteiger charge is -2.37. The molecule has 1 aliphatic rings. The number of benzene rings is 1. The van der Waals surface area contributed by atoms with Crippen LogP contribution in [0, 0.1) is 17.7 Å². The Morgan fingerprint density at radius 1 is 1.15 bits per heavy atom. The van der Waals surface area contributed by atoms with Gasteiger partial charge in [-0.25, -0.2) is 4.39 Å². The predicted molar refractivity (Wildman–Crippen MR) is 130 cm³/mol. The summed E-state index contributed by atoms with van der Waals surface area (Å²) < 4.78 is 19.2. The molecule has 3 rings (SSSR count). The van der Waals surface area contributed by atoms with Crippen molar-refractivity contribution in [3.63, 3.8) is 0 Å². The highest BCUT2D eigenvalue weighted by Gasteiger charge is 2.33. The Balaban J connectivity index is 1.74. The molecule has 0 fully saturated rings. The quantitative estimate of drug-likeness (QED) is 0.469. The van der Waals surface area contributed by atoms with Crippen LogP contribution in [0.2, 0.25) is 0 Å². The van der Waals surface area contributed by atoms with Crippen molar-refractivity contribution >= 4 is 23.2 Å². The monoisotopic (exact) mass is 474 g/mol. The molecule has 0 N–H and O–H groups in total. The van der Waals surface area contributed by atoms with Gasteiger partial charge in [-0.05, 0) is 66.0 Å². The van der Waals surface area contributed by atoms with E-state index in [-0.39, 0.29) is 42.7 Å². The highest BCUT2D eigenvalue weighted by atomic mass is 32.1. The van der Waals surface area contributed by atoms with E-state index in [1.807, 2.05) is 24.1 Å². The molecule has 1 aromatic carbocycles. The van der Waals surface area contributed by atoms with Crippen molar-refractivity contribution in [1.29, 1.82) is 0 Å². The van der Waals surface area contributed by atoms with E-state index in [9.17, 15) is 14.0 Å². The third-order valence-corrected chi connectivity index (χ3v) is 6.87. The number of ether oxygens (including phenoxy) is 1. The number of thiophene rings is 1. The summed E-state index contributed by atoms with van der Waals surface area (Å²) in [5.74, 6) is 0.928. The van der Waals surface area contributed by atoms with Gasteiger partial charge in [-0.1, -0.05) is 27.7 Å². The average molecular weight is 475 g/mol. The molecule has 2 heterocycles. The van der Waals surface area contributed by atoms with Crippen LogP contribution in [0.1, 0.15) is 57.0 Å². The molecule has 1 atom stereocenters. The number of halogens is 1. The van der Waals surface area contributed by atoms with Crippen LogP contribution >= 0.6 is 11.3 Å². The van der Waals surface area contributed by atoms with Gasteiger partial charge in [0, 0.05) is 24.4 Å². The molecule has 0 spiro atoms. The van der Waals surface area contributed by atoms with E-state index >= 15 is 0 Å². The van der Waals surface area contributed by atoms with Gasteiger partial charge in [0.1, 0.15) is 18.2 Å². The Morgan fingerprint density at radius 3 is 2.55 bits per heavy atom. The Labute approximate surface area is 200 Å². The Hall–Kier alpha value is -2.41. The smallest absolute Gasteiger partial charge is 0.242 e. The highest BCUT2D eigenvalue weighted by molar-refractivity contribution is 7.10. The Kier molecular flexibility index (Phi) is 8.89. The Morgan fingerprint density at radius 2 is 1.88 bits per heavy atom. The molecule has 1 aliphatic heterocycles. The minimum Gasteiger partial charge on any atom is -0.491 e. The number of amides is 2. The molecule has 180 valence electrons. The van der Waals surface area contributed by atoms with Crippen LogP contribution in [-0.4, -0.2) is 47.9 Å². The maximum absolute atomic E-state index is 13.5. The van der Waals surface area contributed by atoms with Gasteiger partial charge in [0.05, 0.1) is 12.6 Å². The normalized spacial score (nSPS) is 15.6. The fourth-order valence-corrected chi connectivity index (χ4v) is 4.95. The molecule has 2 amide bonds. The maximum Gasteiger partial charge on any atom is 0.242 e. The number of carbonyl (C=O) groups is 2. The van der Waals surface area contributed by atoms with Crippen molar-refractivity contribution in [2.45, 2.75) is 53.0 Å². The van der Waals surface area contributed by atoms with Gasteiger partial charge in [-0.3, -0.25) is 9.59 Å². The van der Waals surface area contributed by atoms with Gasteiger partial charge < -0.3 is 14.5 Å². The van der Waals surface area contributed by atoms with Crippen molar-refractivity contribution < 1.29 is 18.7 Å². The summed E-state index contributed by atoms with van der Waals surface area (Å²) in [5, 5.41) is 2.05. The van der Waals surface area contributed by atoms with E-state index < -0.39 is 0 Å². The van der Waals surface area contributed by atoms with E-state index in [4.69, 9.17) is 4.74 Å². The van der Waals surface area contributed by atoms with Crippen LogP contribution in [0.5, 0.6) is 5.75 Å². The first kappa shape index (κ1) is 25.2. The summed E-state index contributed by atoms with van der Waals surface area (Å²) in [7, 11) is 0. The van der Waals surface area contributed by atoms with Crippen molar-refractivity contribution in [3.8, 4) is 5.75 Å². The van der Waals surface area contributed by atoms with Crippen molar-refractivity contribution in [2.24, 2.45) is 11.8 Å². The molecule has 33 heavy (non-hydrogen) atoms. The number of nitrogens with zero attached hydrogens (tertiary/aromatic N) is 2. The number of rotatable bonds is 10. The second-order valence-electron chi connectivity index (χ2n) is 9.51. The second-order valence-corrected chi connectivity index (χ2v) is 10.5. The molecule has 0 saturated heterocycles. The minimum atomic E-state index is -0.315. The summed E-state index contributed by atoms with van der Waals surface area (Å²) in [6.07, 6.45) is 2.11. The van der Waals surface area contributed by atoms with Crippen LogP contribution in [-0.2, 0) is 16.0 Å². The lowest BCUT2D eigenvalue weighted by Crippen LogP contribution is -2.48. The zero-order valence-electron chi connectivity index (χ0n) is 20.1. The summed E-state index contributed by atoms with van der Waals surface area (Å²) in [6.45, 7) is 9.84. The first-order valence-electron chi connectivity index (χ1n) is 11.8. The third-order valence-electron chi connectivity index (χ3n) is 5.87.